The zero-order valence-corrected chi connectivity index (χ0v) is 10.2. The minimum atomic E-state index is -1.03. The minimum absolute atomic E-state index is 0.191. The van der Waals surface area contributed by atoms with Crippen LogP contribution in [0, 0.1) is 0 Å². The molecule has 0 bridgehead atoms. The molecule has 18 heavy (non-hydrogen) atoms. The van der Waals surface area contributed by atoms with Crippen LogP contribution in [0.15, 0.2) is 18.2 Å². The minimum Gasteiger partial charge on any atom is -0.480 e. The lowest BCUT2D eigenvalue weighted by atomic mass is 10.1. The molecule has 0 spiro atoms. The number of carboxylic acid groups (broad SMARTS) is 1. The molecule has 1 aromatic carbocycles. The van der Waals surface area contributed by atoms with Gasteiger partial charge in [-0.15, -0.1) is 0 Å². The van der Waals surface area contributed by atoms with Gasteiger partial charge >= 0.3 is 5.97 Å². The Bertz CT molecular complexity index is 451. The molecule has 0 aliphatic rings. The van der Waals surface area contributed by atoms with Gasteiger partial charge < -0.3 is 20.9 Å². The van der Waals surface area contributed by atoms with E-state index in [2.05, 4.69) is 5.32 Å². The van der Waals surface area contributed by atoms with Crippen LogP contribution in [0.3, 0.4) is 0 Å². The van der Waals surface area contributed by atoms with Crippen molar-refractivity contribution in [1.82, 2.24) is 0 Å². The third kappa shape index (κ3) is 4.23. The summed E-state index contributed by atoms with van der Waals surface area (Å²) in [6, 6.07) is 4.89. The fourth-order valence-electron chi connectivity index (χ4n) is 1.34. The van der Waals surface area contributed by atoms with Crippen molar-refractivity contribution in [2.75, 3.05) is 25.1 Å². The third-order valence-corrected chi connectivity index (χ3v) is 2.36. The number of hydrogen-bond acceptors (Lipinski definition) is 4. The van der Waals surface area contributed by atoms with Crippen molar-refractivity contribution in [1.29, 1.82) is 0 Å². The quantitative estimate of drug-likeness (QED) is 0.642. The number of rotatable bonds is 7. The van der Waals surface area contributed by atoms with Gasteiger partial charge in [0.05, 0.1) is 17.2 Å². The standard InChI is InChI=1S/C11H13ClN2O4/c12-7-2-1-3-8(10(7)11(13)17)14-4-5-18-6-9(15)16/h1-3,14H,4-6H2,(H2,13,17)(H,15,16). The van der Waals surface area contributed by atoms with Gasteiger partial charge in [-0.25, -0.2) is 4.79 Å². The Labute approximate surface area is 109 Å². The molecular weight excluding hydrogens is 260 g/mol. The van der Waals surface area contributed by atoms with Gasteiger partial charge in [-0.05, 0) is 12.1 Å². The summed E-state index contributed by atoms with van der Waals surface area (Å²) in [7, 11) is 0. The molecule has 7 heteroatoms. The number of nitrogens with two attached hydrogens (primary N) is 1. The zero-order chi connectivity index (χ0) is 13.5. The molecule has 1 amide bonds. The van der Waals surface area contributed by atoms with Crippen molar-refractivity contribution in [2.45, 2.75) is 0 Å². The molecule has 98 valence electrons. The van der Waals surface area contributed by atoms with Crippen LogP contribution in [0.5, 0.6) is 0 Å². The first-order valence-corrected chi connectivity index (χ1v) is 5.52. The second-order valence-corrected chi connectivity index (χ2v) is 3.81. The molecule has 0 radical (unpaired) electrons. The summed E-state index contributed by atoms with van der Waals surface area (Å²) in [5.41, 5.74) is 5.91. The number of carboxylic acids is 1. The maximum atomic E-state index is 11.2. The maximum absolute atomic E-state index is 11.2. The number of anilines is 1. The molecule has 0 aromatic heterocycles. The number of benzene rings is 1. The number of halogens is 1. The van der Waals surface area contributed by atoms with Crippen molar-refractivity contribution < 1.29 is 19.4 Å². The van der Waals surface area contributed by atoms with Crippen molar-refractivity contribution in [3.8, 4) is 0 Å². The van der Waals surface area contributed by atoms with Crippen LogP contribution < -0.4 is 11.1 Å². The van der Waals surface area contributed by atoms with E-state index < -0.39 is 11.9 Å². The summed E-state index contributed by atoms with van der Waals surface area (Å²) in [4.78, 5) is 21.4. The number of aliphatic carboxylic acids is 1. The summed E-state index contributed by atoms with van der Waals surface area (Å²) < 4.78 is 4.84. The molecule has 0 aliphatic carbocycles. The third-order valence-electron chi connectivity index (χ3n) is 2.05. The average Bonchev–Trinajstić information content (AvgIpc) is 2.27. The van der Waals surface area contributed by atoms with Gasteiger partial charge in [0.2, 0.25) is 0 Å². The molecule has 1 aromatic rings. The van der Waals surface area contributed by atoms with Crippen LogP contribution in [0.25, 0.3) is 0 Å². The highest BCUT2D eigenvalue weighted by molar-refractivity contribution is 6.34. The SMILES string of the molecule is NC(=O)c1c(Cl)cccc1NCCOCC(=O)O. The first-order valence-electron chi connectivity index (χ1n) is 5.14. The van der Waals surface area contributed by atoms with Crippen molar-refractivity contribution in [2.24, 2.45) is 5.73 Å². The highest BCUT2D eigenvalue weighted by Crippen LogP contribution is 2.23. The van der Waals surface area contributed by atoms with Gasteiger partial charge in [0.1, 0.15) is 6.61 Å². The Hall–Kier alpha value is -1.79. The highest BCUT2D eigenvalue weighted by Gasteiger charge is 2.11. The number of carbonyl (C=O) groups is 2. The van der Waals surface area contributed by atoms with Crippen molar-refractivity contribution in [3.05, 3.63) is 28.8 Å². The fourth-order valence-corrected chi connectivity index (χ4v) is 1.61. The van der Waals surface area contributed by atoms with E-state index in [1.807, 2.05) is 0 Å². The lowest BCUT2D eigenvalue weighted by Crippen LogP contribution is -2.18. The Morgan fingerprint density at radius 1 is 1.44 bits per heavy atom. The van der Waals surface area contributed by atoms with Gasteiger partial charge in [-0.2, -0.15) is 0 Å². The summed E-state index contributed by atoms with van der Waals surface area (Å²) in [6.07, 6.45) is 0. The normalized spacial score (nSPS) is 10.1. The molecular formula is C11H13ClN2O4. The van der Waals surface area contributed by atoms with Crippen LogP contribution >= 0.6 is 11.6 Å². The number of hydrogen-bond donors (Lipinski definition) is 3. The molecule has 0 fully saturated rings. The van der Waals surface area contributed by atoms with E-state index in [9.17, 15) is 9.59 Å². The van der Waals surface area contributed by atoms with E-state index in [0.717, 1.165) is 0 Å². The van der Waals surface area contributed by atoms with Crippen LogP contribution in [-0.4, -0.2) is 36.7 Å². The number of primary amides is 1. The number of carbonyl (C=O) groups excluding carboxylic acids is 1. The van der Waals surface area contributed by atoms with E-state index in [1.165, 1.54) is 0 Å². The zero-order valence-electron chi connectivity index (χ0n) is 9.48. The topological polar surface area (TPSA) is 102 Å². The monoisotopic (exact) mass is 272 g/mol. The summed E-state index contributed by atoms with van der Waals surface area (Å²) in [5, 5.41) is 11.5. The molecule has 0 unspecified atom stereocenters. The molecule has 1 rings (SSSR count). The van der Waals surface area contributed by atoms with Gasteiger partial charge in [-0.1, -0.05) is 17.7 Å². The van der Waals surface area contributed by atoms with E-state index in [1.54, 1.807) is 18.2 Å². The predicted octanol–water partition coefficient (Wildman–Crippen LogP) is 0.952. The van der Waals surface area contributed by atoms with Crippen molar-refractivity contribution in [3.63, 3.8) is 0 Å². The molecule has 0 aliphatic heterocycles. The fraction of sp³-hybridized carbons (Fsp3) is 0.273. The van der Waals surface area contributed by atoms with E-state index in [4.69, 9.17) is 27.2 Å². The van der Waals surface area contributed by atoms with Crippen molar-refractivity contribution >= 4 is 29.2 Å². The molecule has 4 N–H and O–H groups in total. The lowest BCUT2D eigenvalue weighted by Gasteiger charge is -2.11. The molecule has 6 nitrogen and oxygen atoms in total. The predicted molar refractivity (Wildman–Crippen MR) is 66.9 cm³/mol. The highest BCUT2D eigenvalue weighted by atomic mass is 35.5. The maximum Gasteiger partial charge on any atom is 0.329 e. The van der Waals surface area contributed by atoms with Gasteiger partial charge in [0, 0.05) is 12.2 Å². The van der Waals surface area contributed by atoms with E-state index in [-0.39, 0.29) is 23.8 Å². The van der Waals surface area contributed by atoms with Gasteiger partial charge in [0.15, 0.2) is 0 Å². The van der Waals surface area contributed by atoms with E-state index in [0.29, 0.717) is 12.2 Å². The van der Waals surface area contributed by atoms with Crippen LogP contribution in [0.4, 0.5) is 5.69 Å². The lowest BCUT2D eigenvalue weighted by molar-refractivity contribution is -0.142. The van der Waals surface area contributed by atoms with Crippen LogP contribution in [0.1, 0.15) is 10.4 Å². The first kappa shape index (κ1) is 14.3. The Kier molecular flexibility index (Phi) is 5.41. The van der Waals surface area contributed by atoms with Gasteiger partial charge in [-0.3, -0.25) is 4.79 Å². The number of amides is 1. The molecule has 0 heterocycles. The first-order chi connectivity index (χ1) is 8.52. The summed E-state index contributed by atoms with van der Waals surface area (Å²) in [5.74, 6) is -1.66. The van der Waals surface area contributed by atoms with Gasteiger partial charge in [0.25, 0.3) is 5.91 Å². The number of ether oxygens (including phenoxy) is 1. The smallest absolute Gasteiger partial charge is 0.329 e. The molecule has 0 atom stereocenters. The Morgan fingerprint density at radius 3 is 2.78 bits per heavy atom. The summed E-state index contributed by atoms with van der Waals surface area (Å²) in [6.45, 7) is 0.171. The summed E-state index contributed by atoms with van der Waals surface area (Å²) >= 11 is 5.86. The second-order valence-electron chi connectivity index (χ2n) is 3.40. The molecule has 0 saturated carbocycles. The van der Waals surface area contributed by atoms with Crippen LogP contribution in [0.2, 0.25) is 5.02 Å². The Balaban J connectivity index is 2.54. The number of nitrogens with one attached hydrogen (secondary N) is 1. The Morgan fingerprint density at radius 2 is 2.17 bits per heavy atom. The average molecular weight is 273 g/mol. The largest absolute Gasteiger partial charge is 0.480 e. The van der Waals surface area contributed by atoms with Crippen LogP contribution in [-0.2, 0) is 9.53 Å². The molecule has 0 saturated heterocycles. The second kappa shape index (κ2) is 6.83. The van der Waals surface area contributed by atoms with E-state index >= 15 is 0 Å².